The van der Waals surface area contributed by atoms with E-state index < -0.39 is 0 Å². The molecular weight excluding hydrogens is 302 g/mol. The standard InChI is InChI=1S/C24H25N/c1-17-4-9-20(10-5-17)11-14-22(21-12-6-18(2)7-13-21)23-16-19(3)8-15-24(23)25/h4-10,12-16H,11,25H2,1-3H3/b22-14+. The first kappa shape index (κ1) is 17.0. The van der Waals surface area contributed by atoms with Crippen LogP contribution in [0.3, 0.4) is 0 Å². The van der Waals surface area contributed by atoms with Crippen molar-refractivity contribution in [1.82, 2.24) is 0 Å². The molecule has 3 rings (SSSR count). The molecule has 0 saturated carbocycles. The van der Waals surface area contributed by atoms with Gasteiger partial charge in [0.05, 0.1) is 0 Å². The average Bonchev–Trinajstić information content (AvgIpc) is 2.61. The molecule has 2 N–H and O–H groups in total. The van der Waals surface area contributed by atoms with Crippen molar-refractivity contribution in [2.75, 3.05) is 5.73 Å². The number of nitrogens with two attached hydrogens (primary N) is 1. The van der Waals surface area contributed by atoms with Crippen LogP contribution in [0.5, 0.6) is 0 Å². The average molecular weight is 327 g/mol. The Morgan fingerprint density at radius 3 is 1.96 bits per heavy atom. The van der Waals surface area contributed by atoms with Gasteiger partial charge in [-0.2, -0.15) is 0 Å². The monoisotopic (exact) mass is 327 g/mol. The Bertz CT molecular complexity index is 884. The molecule has 0 radical (unpaired) electrons. The van der Waals surface area contributed by atoms with Crippen LogP contribution in [0.2, 0.25) is 0 Å². The van der Waals surface area contributed by atoms with Crippen LogP contribution in [0.25, 0.3) is 5.57 Å². The lowest BCUT2D eigenvalue weighted by atomic mass is 9.93. The van der Waals surface area contributed by atoms with Crippen LogP contribution in [0.15, 0.2) is 72.8 Å². The van der Waals surface area contributed by atoms with Crippen molar-refractivity contribution >= 4 is 11.3 Å². The molecule has 0 bridgehead atoms. The summed E-state index contributed by atoms with van der Waals surface area (Å²) in [5.41, 5.74) is 15.7. The summed E-state index contributed by atoms with van der Waals surface area (Å²) < 4.78 is 0. The highest BCUT2D eigenvalue weighted by molar-refractivity contribution is 5.86. The van der Waals surface area contributed by atoms with Gasteiger partial charge in [0.15, 0.2) is 0 Å². The lowest BCUT2D eigenvalue weighted by Crippen LogP contribution is -1.97. The summed E-state index contributed by atoms with van der Waals surface area (Å²) >= 11 is 0. The summed E-state index contributed by atoms with van der Waals surface area (Å²) in [4.78, 5) is 0. The Morgan fingerprint density at radius 1 is 0.760 bits per heavy atom. The first-order valence-electron chi connectivity index (χ1n) is 8.72. The van der Waals surface area contributed by atoms with Gasteiger partial charge in [0.2, 0.25) is 0 Å². The summed E-state index contributed by atoms with van der Waals surface area (Å²) in [6.07, 6.45) is 3.18. The van der Waals surface area contributed by atoms with Crippen molar-refractivity contribution in [3.05, 3.63) is 106 Å². The first-order chi connectivity index (χ1) is 12.0. The van der Waals surface area contributed by atoms with Crippen LogP contribution >= 0.6 is 0 Å². The van der Waals surface area contributed by atoms with E-state index in [9.17, 15) is 0 Å². The highest BCUT2D eigenvalue weighted by atomic mass is 14.6. The number of anilines is 1. The number of nitrogen functional groups attached to an aromatic ring is 1. The largest absolute Gasteiger partial charge is 0.398 e. The molecular formula is C24H25N. The molecule has 0 aliphatic heterocycles. The Morgan fingerprint density at radius 2 is 1.32 bits per heavy atom. The molecule has 3 aromatic carbocycles. The fourth-order valence-corrected chi connectivity index (χ4v) is 2.96. The third kappa shape index (κ3) is 4.19. The number of aryl methyl sites for hydroxylation is 3. The van der Waals surface area contributed by atoms with Gasteiger partial charge in [-0.3, -0.25) is 0 Å². The fourth-order valence-electron chi connectivity index (χ4n) is 2.96. The second-order valence-corrected chi connectivity index (χ2v) is 6.76. The van der Waals surface area contributed by atoms with Crippen LogP contribution in [0.4, 0.5) is 5.69 Å². The number of allylic oxidation sites excluding steroid dienone is 1. The third-order valence-corrected chi connectivity index (χ3v) is 4.52. The van der Waals surface area contributed by atoms with E-state index in [0.717, 1.165) is 17.7 Å². The van der Waals surface area contributed by atoms with Crippen molar-refractivity contribution in [2.24, 2.45) is 0 Å². The molecule has 0 atom stereocenters. The van der Waals surface area contributed by atoms with Crippen LogP contribution in [0.1, 0.15) is 33.4 Å². The zero-order valence-electron chi connectivity index (χ0n) is 15.2. The molecule has 1 nitrogen and oxygen atoms in total. The molecule has 0 fully saturated rings. The first-order valence-corrected chi connectivity index (χ1v) is 8.72. The topological polar surface area (TPSA) is 26.0 Å². The van der Waals surface area contributed by atoms with Gasteiger partial charge in [0, 0.05) is 11.3 Å². The summed E-state index contributed by atoms with van der Waals surface area (Å²) in [6, 6.07) is 23.6. The molecule has 0 amide bonds. The maximum Gasteiger partial charge on any atom is 0.0394 e. The molecule has 3 aromatic rings. The van der Waals surface area contributed by atoms with Gasteiger partial charge in [-0.15, -0.1) is 0 Å². The second-order valence-electron chi connectivity index (χ2n) is 6.76. The molecule has 0 saturated heterocycles. The van der Waals surface area contributed by atoms with E-state index in [1.807, 2.05) is 6.07 Å². The number of hydrogen-bond acceptors (Lipinski definition) is 1. The molecule has 0 unspecified atom stereocenters. The fraction of sp³-hybridized carbons (Fsp3) is 0.167. The zero-order chi connectivity index (χ0) is 17.8. The van der Waals surface area contributed by atoms with Crippen LogP contribution < -0.4 is 5.73 Å². The van der Waals surface area contributed by atoms with Gasteiger partial charge < -0.3 is 5.73 Å². The molecule has 0 heterocycles. The predicted octanol–water partition coefficient (Wildman–Crippen LogP) is 5.87. The molecule has 126 valence electrons. The summed E-state index contributed by atoms with van der Waals surface area (Å²) in [6.45, 7) is 6.33. The van der Waals surface area contributed by atoms with Crippen molar-refractivity contribution in [2.45, 2.75) is 27.2 Å². The maximum atomic E-state index is 6.31. The highest BCUT2D eigenvalue weighted by Gasteiger charge is 2.09. The lowest BCUT2D eigenvalue weighted by Gasteiger charge is -2.13. The number of rotatable bonds is 4. The SMILES string of the molecule is Cc1ccc(C/C=C(\c2ccc(C)cc2)c2cc(C)ccc2N)cc1. The van der Waals surface area contributed by atoms with E-state index in [0.29, 0.717) is 0 Å². The molecule has 0 aliphatic rings. The lowest BCUT2D eigenvalue weighted by molar-refractivity contribution is 1.25. The van der Waals surface area contributed by atoms with Gasteiger partial charge in [-0.25, -0.2) is 0 Å². The van der Waals surface area contributed by atoms with Crippen LogP contribution in [-0.4, -0.2) is 0 Å². The van der Waals surface area contributed by atoms with Gasteiger partial charge in [0.25, 0.3) is 0 Å². The van der Waals surface area contributed by atoms with E-state index in [-0.39, 0.29) is 0 Å². The number of benzene rings is 3. The highest BCUT2D eigenvalue weighted by Crippen LogP contribution is 2.29. The second kappa shape index (κ2) is 7.40. The summed E-state index contributed by atoms with van der Waals surface area (Å²) in [5.74, 6) is 0. The van der Waals surface area contributed by atoms with Crippen molar-refractivity contribution in [3.63, 3.8) is 0 Å². The minimum Gasteiger partial charge on any atom is -0.398 e. The van der Waals surface area contributed by atoms with Crippen LogP contribution in [-0.2, 0) is 6.42 Å². The predicted molar refractivity (Wildman–Crippen MR) is 109 cm³/mol. The van der Waals surface area contributed by atoms with Crippen molar-refractivity contribution in [1.29, 1.82) is 0 Å². The van der Waals surface area contributed by atoms with E-state index in [4.69, 9.17) is 5.73 Å². The van der Waals surface area contributed by atoms with E-state index >= 15 is 0 Å². The van der Waals surface area contributed by atoms with Gasteiger partial charge >= 0.3 is 0 Å². The van der Waals surface area contributed by atoms with Crippen molar-refractivity contribution < 1.29 is 0 Å². The summed E-state index contributed by atoms with van der Waals surface area (Å²) in [5, 5.41) is 0. The molecule has 0 aliphatic carbocycles. The summed E-state index contributed by atoms with van der Waals surface area (Å²) in [7, 11) is 0. The van der Waals surface area contributed by atoms with Crippen LogP contribution in [0, 0.1) is 20.8 Å². The zero-order valence-corrected chi connectivity index (χ0v) is 15.2. The van der Waals surface area contributed by atoms with E-state index in [1.165, 1.54) is 33.4 Å². The Labute approximate surface area is 150 Å². The van der Waals surface area contributed by atoms with Crippen molar-refractivity contribution in [3.8, 4) is 0 Å². The van der Waals surface area contributed by atoms with Gasteiger partial charge in [-0.05, 0) is 56.0 Å². The quantitative estimate of drug-likeness (QED) is 0.596. The minimum absolute atomic E-state index is 0.821. The van der Waals surface area contributed by atoms with E-state index in [2.05, 4.69) is 87.5 Å². The Hall–Kier alpha value is -2.80. The maximum absolute atomic E-state index is 6.31. The van der Waals surface area contributed by atoms with Gasteiger partial charge in [0.1, 0.15) is 0 Å². The Balaban J connectivity index is 2.04. The molecule has 1 heteroatoms. The molecule has 0 aromatic heterocycles. The minimum atomic E-state index is 0.821. The smallest absolute Gasteiger partial charge is 0.0394 e. The Kier molecular flexibility index (Phi) is 5.04. The van der Waals surface area contributed by atoms with Gasteiger partial charge in [-0.1, -0.05) is 77.4 Å². The molecule has 25 heavy (non-hydrogen) atoms. The normalized spacial score (nSPS) is 11.6. The third-order valence-electron chi connectivity index (χ3n) is 4.52. The van der Waals surface area contributed by atoms with E-state index in [1.54, 1.807) is 0 Å². The number of hydrogen-bond donors (Lipinski definition) is 1. The molecule has 0 spiro atoms.